The van der Waals surface area contributed by atoms with Crippen LogP contribution in [0.5, 0.6) is 0 Å². The van der Waals surface area contributed by atoms with Crippen molar-refractivity contribution < 1.29 is 0 Å². The normalized spacial score (nSPS) is 14.2. The van der Waals surface area contributed by atoms with Crippen LogP contribution in [-0.4, -0.2) is 38.1 Å². The third-order valence-corrected chi connectivity index (χ3v) is 2.22. The SMILES string of the molecule is CC(C)CCNCC(C)N(C)C. The Kier molecular flexibility index (Phi) is 6.39. The second kappa shape index (κ2) is 6.44. The van der Waals surface area contributed by atoms with E-state index >= 15 is 0 Å². The van der Waals surface area contributed by atoms with Crippen LogP contribution in [0.4, 0.5) is 0 Å². The molecule has 2 nitrogen and oxygen atoms in total. The Morgan fingerprint density at radius 1 is 1.17 bits per heavy atom. The number of hydrogen-bond acceptors (Lipinski definition) is 2. The van der Waals surface area contributed by atoms with Gasteiger partial charge in [0.05, 0.1) is 0 Å². The van der Waals surface area contributed by atoms with Gasteiger partial charge >= 0.3 is 0 Å². The van der Waals surface area contributed by atoms with Gasteiger partial charge < -0.3 is 10.2 Å². The van der Waals surface area contributed by atoms with E-state index in [4.69, 9.17) is 0 Å². The van der Waals surface area contributed by atoms with Crippen molar-refractivity contribution in [2.75, 3.05) is 27.2 Å². The van der Waals surface area contributed by atoms with Gasteiger partial charge in [-0.1, -0.05) is 13.8 Å². The maximum atomic E-state index is 3.46. The van der Waals surface area contributed by atoms with Gasteiger partial charge in [0, 0.05) is 12.6 Å². The second-order valence-corrected chi connectivity index (χ2v) is 4.20. The van der Waals surface area contributed by atoms with E-state index in [0.29, 0.717) is 6.04 Å². The molecular formula is C10H24N2. The summed E-state index contributed by atoms with van der Waals surface area (Å²) in [6.07, 6.45) is 1.28. The molecule has 0 amide bonds. The van der Waals surface area contributed by atoms with Crippen LogP contribution in [0.25, 0.3) is 0 Å². The maximum Gasteiger partial charge on any atom is 0.0186 e. The van der Waals surface area contributed by atoms with Crippen molar-refractivity contribution in [3.8, 4) is 0 Å². The zero-order valence-corrected chi connectivity index (χ0v) is 9.22. The predicted octanol–water partition coefficient (Wildman–Crippen LogP) is 1.57. The van der Waals surface area contributed by atoms with Gasteiger partial charge in [0.1, 0.15) is 0 Å². The Balaban J connectivity index is 3.20. The lowest BCUT2D eigenvalue weighted by Crippen LogP contribution is -2.35. The summed E-state index contributed by atoms with van der Waals surface area (Å²) in [4.78, 5) is 2.24. The molecule has 0 saturated heterocycles. The largest absolute Gasteiger partial charge is 0.315 e. The zero-order valence-electron chi connectivity index (χ0n) is 9.22. The summed E-state index contributed by atoms with van der Waals surface area (Å²) < 4.78 is 0. The van der Waals surface area contributed by atoms with Crippen LogP contribution in [0.3, 0.4) is 0 Å². The van der Waals surface area contributed by atoms with Crippen molar-refractivity contribution in [3.05, 3.63) is 0 Å². The Hall–Kier alpha value is -0.0800. The average Bonchev–Trinajstić information content (AvgIpc) is 1.97. The van der Waals surface area contributed by atoms with Crippen molar-refractivity contribution >= 4 is 0 Å². The van der Waals surface area contributed by atoms with Crippen molar-refractivity contribution in [2.45, 2.75) is 33.2 Å². The van der Waals surface area contributed by atoms with E-state index in [1.807, 2.05) is 0 Å². The number of likely N-dealkylation sites (N-methyl/N-ethyl adjacent to an activating group) is 1. The minimum absolute atomic E-state index is 0.636. The lowest BCUT2D eigenvalue weighted by Gasteiger charge is -2.20. The Labute approximate surface area is 77.3 Å². The quantitative estimate of drug-likeness (QED) is 0.612. The first-order chi connectivity index (χ1) is 5.54. The molecule has 1 N–H and O–H groups in total. The standard InChI is InChI=1S/C10H24N2/c1-9(2)6-7-11-8-10(3)12(4)5/h9-11H,6-8H2,1-5H3. The van der Waals surface area contributed by atoms with E-state index in [0.717, 1.165) is 19.0 Å². The van der Waals surface area contributed by atoms with Gasteiger partial charge in [-0.3, -0.25) is 0 Å². The minimum atomic E-state index is 0.636. The molecule has 0 aliphatic heterocycles. The molecule has 0 aliphatic carbocycles. The molecule has 0 aliphatic rings. The molecule has 0 rings (SSSR count). The lowest BCUT2D eigenvalue weighted by atomic mass is 10.1. The molecule has 0 saturated carbocycles. The molecule has 2 heteroatoms. The number of nitrogens with one attached hydrogen (secondary N) is 1. The third kappa shape index (κ3) is 6.62. The van der Waals surface area contributed by atoms with E-state index in [1.54, 1.807) is 0 Å². The molecule has 0 aromatic rings. The molecule has 0 aromatic heterocycles. The molecule has 74 valence electrons. The second-order valence-electron chi connectivity index (χ2n) is 4.20. The first-order valence-electron chi connectivity index (χ1n) is 4.91. The van der Waals surface area contributed by atoms with Crippen molar-refractivity contribution in [3.63, 3.8) is 0 Å². The van der Waals surface area contributed by atoms with Crippen molar-refractivity contribution in [1.29, 1.82) is 0 Å². The van der Waals surface area contributed by atoms with Crippen molar-refractivity contribution in [1.82, 2.24) is 10.2 Å². The summed E-state index contributed by atoms with van der Waals surface area (Å²) in [7, 11) is 4.24. The van der Waals surface area contributed by atoms with E-state index in [9.17, 15) is 0 Å². The fraction of sp³-hybridized carbons (Fsp3) is 1.00. The van der Waals surface area contributed by atoms with Crippen LogP contribution in [0, 0.1) is 5.92 Å². The van der Waals surface area contributed by atoms with Crippen molar-refractivity contribution in [2.24, 2.45) is 5.92 Å². The molecule has 0 bridgehead atoms. The van der Waals surface area contributed by atoms with Gasteiger partial charge in [-0.15, -0.1) is 0 Å². The highest BCUT2D eigenvalue weighted by molar-refractivity contribution is 4.62. The van der Waals surface area contributed by atoms with E-state index < -0.39 is 0 Å². The van der Waals surface area contributed by atoms with Gasteiger partial charge in [0.25, 0.3) is 0 Å². The van der Waals surface area contributed by atoms with Crippen LogP contribution in [0.2, 0.25) is 0 Å². The number of rotatable bonds is 6. The van der Waals surface area contributed by atoms with Gasteiger partial charge in [-0.05, 0) is 39.9 Å². The minimum Gasteiger partial charge on any atom is -0.315 e. The highest BCUT2D eigenvalue weighted by Crippen LogP contribution is 1.96. The molecule has 0 aromatic carbocycles. The first kappa shape index (κ1) is 11.9. The molecule has 1 unspecified atom stereocenters. The maximum absolute atomic E-state index is 3.46. The molecule has 0 fully saturated rings. The topological polar surface area (TPSA) is 15.3 Å². The van der Waals surface area contributed by atoms with Gasteiger partial charge in [-0.2, -0.15) is 0 Å². The third-order valence-electron chi connectivity index (χ3n) is 2.22. The summed E-state index contributed by atoms with van der Waals surface area (Å²) in [5, 5.41) is 3.46. The fourth-order valence-corrected chi connectivity index (χ4v) is 0.884. The van der Waals surface area contributed by atoms with E-state index in [-0.39, 0.29) is 0 Å². The van der Waals surface area contributed by atoms with E-state index in [1.165, 1.54) is 6.42 Å². The molecule has 12 heavy (non-hydrogen) atoms. The highest BCUT2D eigenvalue weighted by Gasteiger charge is 2.02. The molecule has 0 spiro atoms. The Bertz CT molecular complexity index is 100. The van der Waals surface area contributed by atoms with Crippen LogP contribution >= 0.6 is 0 Å². The molecule has 1 atom stereocenters. The van der Waals surface area contributed by atoms with E-state index in [2.05, 4.69) is 45.1 Å². The average molecular weight is 172 g/mol. The Morgan fingerprint density at radius 3 is 2.17 bits per heavy atom. The summed E-state index contributed by atoms with van der Waals surface area (Å²) in [6.45, 7) is 9.01. The summed E-state index contributed by atoms with van der Waals surface area (Å²) in [6, 6.07) is 0.636. The van der Waals surface area contributed by atoms with Gasteiger partial charge in [0.15, 0.2) is 0 Å². The van der Waals surface area contributed by atoms with Crippen LogP contribution in [0.1, 0.15) is 27.2 Å². The van der Waals surface area contributed by atoms with Crippen LogP contribution < -0.4 is 5.32 Å². The molecule has 0 heterocycles. The first-order valence-corrected chi connectivity index (χ1v) is 4.91. The monoisotopic (exact) mass is 172 g/mol. The van der Waals surface area contributed by atoms with Crippen LogP contribution in [0.15, 0.2) is 0 Å². The smallest absolute Gasteiger partial charge is 0.0186 e. The summed E-state index contributed by atoms with van der Waals surface area (Å²) in [5.41, 5.74) is 0. The fourth-order valence-electron chi connectivity index (χ4n) is 0.884. The highest BCUT2D eigenvalue weighted by atomic mass is 15.1. The lowest BCUT2D eigenvalue weighted by molar-refractivity contribution is 0.301. The predicted molar refractivity (Wildman–Crippen MR) is 55.5 cm³/mol. The summed E-state index contributed by atoms with van der Waals surface area (Å²) >= 11 is 0. The van der Waals surface area contributed by atoms with Crippen LogP contribution in [-0.2, 0) is 0 Å². The van der Waals surface area contributed by atoms with Gasteiger partial charge in [-0.25, -0.2) is 0 Å². The Morgan fingerprint density at radius 2 is 1.75 bits per heavy atom. The summed E-state index contributed by atoms with van der Waals surface area (Å²) in [5.74, 6) is 0.812. The number of nitrogens with zero attached hydrogens (tertiary/aromatic N) is 1. The molecule has 0 radical (unpaired) electrons. The van der Waals surface area contributed by atoms with Gasteiger partial charge in [0.2, 0.25) is 0 Å². The zero-order chi connectivity index (χ0) is 9.56. The molecular weight excluding hydrogens is 148 g/mol. The number of hydrogen-bond donors (Lipinski definition) is 1.